The zero-order valence-electron chi connectivity index (χ0n) is 13.1. The Kier molecular flexibility index (Phi) is 7.92. The molecule has 0 bridgehead atoms. The van der Waals surface area contributed by atoms with Crippen molar-refractivity contribution >= 4 is 22.4 Å². The van der Waals surface area contributed by atoms with Crippen molar-refractivity contribution in [2.45, 2.75) is 51.7 Å². The first-order valence-electron chi connectivity index (χ1n) is 7.80. The second-order valence-electron chi connectivity index (χ2n) is 6.26. The fourth-order valence-corrected chi connectivity index (χ4v) is 3.84. The third kappa shape index (κ3) is 6.82. The van der Waals surface area contributed by atoms with E-state index in [9.17, 15) is 8.42 Å². The summed E-state index contributed by atoms with van der Waals surface area (Å²) in [6.07, 6.45) is 4.66. The lowest BCUT2D eigenvalue weighted by molar-refractivity contribution is 0.0905. The highest BCUT2D eigenvalue weighted by Gasteiger charge is 2.29. The van der Waals surface area contributed by atoms with Gasteiger partial charge < -0.3 is 10.1 Å². The average molecular weight is 341 g/mol. The number of ether oxygens (including phenoxy) is 1. The molecule has 0 atom stereocenters. The van der Waals surface area contributed by atoms with E-state index in [4.69, 9.17) is 4.74 Å². The van der Waals surface area contributed by atoms with Crippen molar-refractivity contribution in [3.05, 3.63) is 0 Å². The van der Waals surface area contributed by atoms with E-state index in [1.807, 2.05) is 13.8 Å². The van der Waals surface area contributed by atoms with Gasteiger partial charge in [0.25, 0.3) is 0 Å². The molecular formula is C14H29ClN2O3S. The Morgan fingerprint density at radius 2 is 1.81 bits per heavy atom. The molecule has 2 rings (SSSR count). The van der Waals surface area contributed by atoms with Gasteiger partial charge in [0.2, 0.25) is 10.0 Å². The maximum atomic E-state index is 12.2. The summed E-state index contributed by atoms with van der Waals surface area (Å²) in [6, 6.07) is 0.494. The highest BCUT2D eigenvalue weighted by molar-refractivity contribution is 7.89. The molecule has 0 radical (unpaired) electrons. The van der Waals surface area contributed by atoms with Crippen LogP contribution in [0.4, 0.5) is 0 Å². The van der Waals surface area contributed by atoms with Gasteiger partial charge in [0, 0.05) is 19.1 Å². The van der Waals surface area contributed by atoms with E-state index in [1.165, 1.54) is 12.8 Å². The first kappa shape index (κ1) is 19.2. The third-order valence-corrected chi connectivity index (χ3v) is 5.87. The molecule has 1 heterocycles. The minimum absolute atomic E-state index is 0. The molecule has 2 fully saturated rings. The predicted octanol–water partition coefficient (Wildman–Crippen LogP) is 1.63. The van der Waals surface area contributed by atoms with Gasteiger partial charge in [0.1, 0.15) is 0 Å². The van der Waals surface area contributed by atoms with Crippen molar-refractivity contribution in [1.29, 1.82) is 0 Å². The number of piperidine rings is 1. The van der Waals surface area contributed by atoms with Gasteiger partial charge in [-0.2, -0.15) is 0 Å². The standard InChI is InChI=1S/C14H28N2O3S.ClH/c1-12(2)19-9-10-20(17,18)16-7-5-14(6-8-16)15-11-13-3-4-13;/h12-15H,3-11H2,1-2H3;1H. The molecule has 1 aliphatic heterocycles. The molecule has 1 saturated carbocycles. The number of hydrogen-bond acceptors (Lipinski definition) is 4. The minimum atomic E-state index is -3.14. The summed E-state index contributed by atoms with van der Waals surface area (Å²) in [6.45, 7) is 6.53. The molecule has 1 aliphatic carbocycles. The summed E-state index contributed by atoms with van der Waals surface area (Å²) >= 11 is 0. The molecule has 5 nitrogen and oxygen atoms in total. The maximum Gasteiger partial charge on any atom is 0.216 e. The van der Waals surface area contributed by atoms with Crippen LogP contribution in [0.2, 0.25) is 0 Å². The number of sulfonamides is 1. The van der Waals surface area contributed by atoms with Crippen LogP contribution < -0.4 is 5.32 Å². The lowest BCUT2D eigenvalue weighted by atomic mass is 10.1. The van der Waals surface area contributed by atoms with Crippen LogP contribution in [0.15, 0.2) is 0 Å². The second-order valence-corrected chi connectivity index (χ2v) is 8.35. The van der Waals surface area contributed by atoms with Crippen molar-refractivity contribution in [2.24, 2.45) is 5.92 Å². The molecule has 0 aromatic carbocycles. The summed E-state index contributed by atoms with van der Waals surface area (Å²) in [4.78, 5) is 0. The van der Waals surface area contributed by atoms with Gasteiger partial charge in [0.15, 0.2) is 0 Å². The number of halogens is 1. The van der Waals surface area contributed by atoms with Gasteiger partial charge in [-0.25, -0.2) is 12.7 Å². The van der Waals surface area contributed by atoms with Gasteiger partial charge in [0.05, 0.1) is 18.5 Å². The predicted molar refractivity (Wildman–Crippen MR) is 87.4 cm³/mol. The van der Waals surface area contributed by atoms with Crippen LogP contribution in [0.5, 0.6) is 0 Å². The Balaban J connectivity index is 0.00000220. The Morgan fingerprint density at radius 1 is 1.19 bits per heavy atom. The van der Waals surface area contributed by atoms with E-state index in [2.05, 4.69) is 5.32 Å². The van der Waals surface area contributed by atoms with E-state index in [0.717, 1.165) is 25.3 Å². The second kappa shape index (κ2) is 8.67. The Labute approximate surface area is 135 Å². The van der Waals surface area contributed by atoms with Crippen LogP contribution in [-0.2, 0) is 14.8 Å². The average Bonchev–Trinajstić information content (AvgIpc) is 3.20. The quantitative estimate of drug-likeness (QED) is 0.729. The molecule has 0 aromatic heterocycles. The van der Waals surface area contributed by atoms with Crippen LogP contribution >= 0.6 is 12.4 Å². The number of nitrogens with one attached hydrogen (secondary N) is 1. The molecule has 0 unspecified atom stereocenters. The summed E-state index contributed by atoms with van der Waals surface area (Å²) < 4.78 is 31.3. The highest BCUT2D eigenvalue weighted by atomic mass is 35.5. The van der Waals surface area contributed by atoms with Crippen LogP contribution in [0.1, 0.15) is 39.5 Å². The fourth-order valence-electron chi connectivity index (χ4n) is 2.51. The van der Waals surface area contributed by atoms with E-state index >= 15 is 0 Å². The Bertz CT molecular complexity index is 391. The molecule has 7 heteroatoms. The van der Waals surface area contributed by atoms with Crippen molar-refractivity contribution in [3.63, 3.8) is 0 Å². The van der Waals surface area contributed by atoms with Gasteiger partial charge in [-0.15, -0.1) is 12.4 Å². The fraction of sp³-hybridized carbons (Fsp3) is 1.00. The molecule has 2 aliphatic rings. The molecular weight excluding hydrogens is 312 g/mol. The van der Waals surface area contributed by atoms with Gasteiger partial charge in [-0.1, -0.05) is 0 Å². The molecule has 126 valence electrons. The van der Waals surface area contributed by atoms with Crippen molar-refractivity contribution in [3.8, 4) is 0 Å². The van der Waals surface area contributed by atoms with Gasteiger partial charge in [-0.05, 0) is 52.0 Å². The zero-order valence-corrected chi connectivity index (χ0v) is 14.7. The smallest absolute Gasteiger partial charge is 0.216 e. The van der Waals surface area contributed by atoms with E-state index in [1.54, 1.807) is 4.31 Å². The Morgan fingerprint density at radius 3 is 2.33 bits per heavy atom. The maximum absolute atomic E-state index is 12.2. The van der Waals surface area contributed by atoms with E-state index < -0.39 is 10.0 Å². The third-order valence-electron chi connectivity index (χ3n) is 4.03. The normalized spacial score (nSPS) is 21.5. The van der Waals surface area contributed by atoms with Crippen molar-refractivity contribution in [1.82, 2.24) is 9.62 Å². The van der Waals surface area contributed by atoms with E-state index in [0.29, 0.717) is 25.7 Å². The monoisotopic (exact) mass is 340 g/mol. The topological polar surface area (TPSA) is 58.6 Å². The molecule has 21 heavy (non-hydrogen) atoms. The molecule has 0 amide bonds. The van der Waals surface area contributed by atoms with Crippen LogP contribution in [0, 0.1) is 5.92 Å². The molecule has 1 N–H and O–H groups in total. The minimum Gasteiger partial charge on any atom is -0.378 e. The molecule has 0 aromatic rings. The summed E-state index contributed by atoms with van der Waals surface area (Å²) in [5.74, 6) is 0.982. The largest absolute Gasteiger partial charge is 0.378 e. The molecule has 0 spiro atoms. The van der Waals surface area contributed by atoms with Crippen molar-refractivity contribution < 1.29 is 13.2 Å². The highest BCUT2D eigenvalue weighted by Crippen LogP contribution is 2.28. The zero-order chi connectivity index (χ0) is 14.6. The van der Waals surface area contributed by atoms with Crippen LogP contribution in [0.3, 0.4) is 0 Å². The number of rotatable bonds is 8. The first-order chi connectivity index (χ1) is 9.47. The van der Waals surface area contributed by atoms with Gasteiger partial charge >= 0.3 is 0 Å². The summed E-state index contributed by atoms with van der Waals surface area (Å²) in [7, 11) is -3.14. The Hall–Kier alpha value is 0.120. The lowest BCUT2D eigenvalue weighted by Gasteiger charge is -2.31. The summed E-state index contributed by atoms with van der Waals surface area (Å²) in [5.41, 5.74) is 0. The molecule has 1 saturated heterocycles. The summed E-state index contributed by atoms with van der Waals surface area (Å²) in [5, 5.41) is 3.57. The first-order valence-corrected chi connectivity index (χ1v) is 9.41. The van der Waals surface area contributed by atoms with Crippen LogP contribution in [0.25, 0.3) is 0 Å². The SMILES string of the molecule is CC(C)OCCS(=O)(=O)N1CCC(NCC2CC2)CC1.Cl. The van der Waals surface area contributed by atoms with Crippen molar-refractivity contribution in [2.75, 3.05) is 32.0 Å². The van der Waals surface area contributed by atoms with Gasteiger partial charge in [-0.3, -0.25) is 0 Å². The number of nitrogens with zero attached hydrogens (tertiary/aromatic N) is 1. The van der Waals surface area contributed by atoms with Crippen LogP contribution in [-0.4, -0.2) is 56.9 Å². The number of hydrogen-bond donors (Lipinski definition) is 1. The van der Waals surface area contributed by atoms with E-state index in [-0.39, 0.29) is 24.3 Å². The lowest BCUT2D eigenvalue weighted by Crippen LogP contribution is -2.46.